The van der Waals surface area contributed by atoms with Crippen molar-refractivity contribution >= 4 is 11.6 Å². The van der Waals surface area contributed by atoms with E-state index < -0.39 is 0 Å². The van der Waals surface area contributed by atoms with Gasteiger partial charge in [0, 0.05) is 25.7 Å². The van der Waals surface area contributed by atoms with Crippen LogP contribution in [0.25, 0.3) is 0 Å². The molecule has 0 amide bonds. The van der Waals surface area contributed by atoms with Crippen molar-refractivity contribution < 1.29 is 9.84 Å². The number of likely N-dealkylation sites (tertiary alicyclic amines) is 1. The van der Waals surface area contributed by atoms with Crippen molar-refractivity contribution in [2.45, 2.75) is 32.4 Å². The van der Waals surface area contributed by atoms with Crippen LogP contribution in [0.15, 0.2) is 18.2 Å². The average Bonchev–Trinajstić information content (AvgIpc) is 2.59. The predicted molar refractivity (Wildman–Crippen MR) is 93.0 cm³/mol. The van der Waals surface area contributed by atoms with E-state index in [1.165, 1.54) is 18.4 Å². The molecule has 0 aliphatic carbocycles. The van der Waals surface area contributed by atoms with Crippen molar-refractivity contribution in [3.05, 3.63) is 28.8 Å². The summed E-state index contributed by atoms with van der Waals surface area (Å²) in [5.74, 6) is 0.946. The first kappa shape index (κ1) is 17.0. The third-order valence-corrected chi connectivity index (χ3v) is 5.66. The van der Waals surface area contributed by atoms with E-state index in [9.17, 15) is 5.11 Å². The zero-order valence-corrected chi connectivity index (χ0v) is 14.6. The van der Waals surface area contributed by atoms with Crippen LogP contribution in [0.4, 0.5) is 0 Å². The Kier molecular flexibility index (Phi) is 5.81. The average molecular weight is 339 g/mol. The Morgan fingerprint density at radius 1 is 1.22 bits per heavy atom. The molecule has 0 bridgehead atoms. The second-order valence-electron chi connectivity index (χ2n) is 6.79. The lowest BCUT2D eigenvalue weighted by Crippen LogP contribution is -2.48. The smallest absolute Gasteiger partial charge is 0.134 e. The molecule has 2 saturated heterocycles. The molecular formula is C18H27ClN2O2. The highest BCUT2D eigenvalue weighted by atomic mass is 35.5. The summed E-state index contributed by atoms with van der Waals surface area (Å²) >= 11 is 6.00. The van der Waals surface area contributed by atoms with E-state index >= 15 is 0 Å². The predicted octanol–water partition coefficient (Wildman–Crippen LogP) is 2.98. The van der Waals surface area contributed by atoms with Crippen molar-refractivity contribution in [3.63, 3.8) is 0 Å². The van der Waals surface area contributed by atoms with E-state index in [1.807, 2.05) is 12.1 Å². The number of hydrogen-bond donors (Lipinski definition) is 1. The van der Waals surface area contributed by atoms with E-state index in [2.05, 4.69) is 16.7 Å². The molecule has 0 unspecified atom stereocenters. The summed E-state index contributed by atoms with van der Waals surface area (Å²) in [6.45, 7) is 9.48. The summed E-state index contributed by atoms with van der Waals surface area (Å²) < 4.78 is 5.46. The van der Waals surface area contributed by atoms with Gasteiger partial charge in [0.15, 0.2) is 0 Å². The fourth-order valence-corrected chi connectivity index (χ4v) is 3.99. The minimum Gasteiger partial charge on any atom is -0.506 e. The van der Waals surface area contributed by atoms with Gasteiger partial charge < -0.3 is 9.84 Å². The number of aromatic hydroxyl groups is 1. The van der Waals surface area contributed by atoms with Crippen molar-refractivity contribution in [3.8, 4) is 5.75 Å². The van der Waals surface area contributed by atoms with Crippen molar-refractivity contribution in [1.82, 2.24) is 9.80 Å². The number of rotatable bonds is 4. The fourth-order valence-electron chi connectivity index (χ4n) is 3.78. The van der Waals surface area contributed by atoms with Crippen LogP contribution < -0.4 is 0 Å². The van der Waals surface area contributed by atoms with Gasteiger partial charge in [-0.05, 0) is 56.5 Å². The first-order chi connectivity index (χ1) is 11.1. The first-order valence-electron chi connectivity index (χ1n) is 8.65. The van der Waals surface area contributed by atoms with Crippen LogP contribution in [0.5, 0.6) is 5.75 Å². The topological polar surface area (TPSA) is 35.9 Å². The lowest BCUT2D eigenvalue weighted by molar-refractivity contribution is -0.00192. The van der Waals surface area contributed by atoms with E-state index in [0.717, 1.165) is 51.9 Å². The van der Waals surface area contributed by atoms with E-state index in [0.29, 0.717) is 11.1 Å². The summed E-state index contributed by atoms with van der Waals surface area (Å²) in [7, 11) is 0. The zero-order valence-electron chi connectivity index (χ0n) is 13.9. The monoisotopic (exact) mass is 338 g/mol. The molecule has 1 aromatic carbocycles. The van der Waals surface area contributed by atoms with E-state index in [-0.39, 0.29) is 5.75 Å². The number of piperidine rings is 1. The third-order valence-electron chi connectivity index (χ3n) is 5.35. The lowest BCUT2D eigenvalue weighted by atomic mass is 9.89. The van der Waals surface area contributed by atoms with Crippen LogP contribution in [0, 0.1) is 5.92 Å². The lowest BCUT2D eigenvalue weighted by Gasteiger charge is -2.41. The number of phenols is 1. The fraction of sp³-hybridized carbons (Fsp3) is 0.667. The van der Waals surface area contributed by atoms with Crippen LogP contribution in [-0.2, 0) is 11.3 Å². The molecule has 0 spiro atoms. The Bertz CT molecular complexity index is 512. The second-order valence-corrected chi connectivity index (χ2v) is 7.20. The maximum atomic E-state index is 9.51. The Morgan fingerprint density at radius 3 is 2.57 bits per heavy atom. The van der Waals surface area contributed by atoms with Crippen LogP contribution in [0.1, 0.15) is 25.3 Å². The Hall–Kier alpha value is -0.810. The van der Waals surface area contributed by atoms with Crippen molar-refractivity contribution in [2.75, 3.05) is 39.4 Å². The number of benzene rings is 1. The molecule has 23 heavy (non-hydrogen) atoms. The Balaban J connectivity index is 1.48. The molecule has 1 atom stereocenters. The van der Waals surface area contributed by atoms with Crippen molar-refractivity contribution in [1.29, 1.82) is 0 Å². The molecule has 128 valence electrons. The summed E-state index contributed by atoms with van der Waals surface area (Å²) in [6, 6.07) is 6.18. The number of nitrogens with zero attached hydrogens (tertiary/aromatic N) is 2. The van der Waals surface area contributed by atoms with Gasteiger partial charge in [0.25, 0.3) is 0 Å². The molecule has 2 heterocycles. The maximum absolute atomic E-state index is 9.51. The normalized spacial score (nSPS) is 23.0. The number of hydrogen-bond acceptors (Lipinski definition) is 4. The number of halogens is 1. The van der Waals surface area contributed by atoms with Crippen LogP contribution in [0.2, 0.25) is 5.02 Å². The highest BCUT2D eigenvalue weighted by Crippen LogP contribution is 2.27. The van der Waals surface area contributed by atoms with Crippen LogP contribution in [-0.4, -0.2) is 60.3 Å². The van der Waals surface area contributed by atoms with Gasteiger partial charge in [-0.3, -0.25) is 9.80 Å². The van der Waals surface area contributed by atoms with Gasteiger partial charge >= 0.3 is 0 Å². The SMILES string of the molecule is C[C@H](C1CCN(Cc2ccc(O)c(Cl)c2)CC1)N1CCOCC1. The minimum absolute atomic E-state index is 0.161. The minimum atomic E-state index is 0.161. The summed E-state index contributed by atoms with van der Waals surface area (Å²) in [5, 5.41) is 9.95. The molecule has 4 nitrogen and oxygen atoms in total. The number of phenolic OH excluding ortho intramolecular Hbond substituents is 1. The van der Waals surface area contributed by atoms with Gasteiger partial charge in [0.2, 0.25) is 0 Å². The molecule has 2 aliphatic rings. The second kappa shape index (κ2) is 7.84. The zero-order chi connectivity index (χ0) is 16.2. The standard InChI is InChI=1S/C18H27ClN2O2/c1-14(21-8-10-23-11-9-21)16-4-6-20(7-5-16)13-15-2-3-18(22)17(19)12-15/h2-3,12,14,16,22H,4-11,13H2,1H3/t14-/m1/s1. The van der Waals surface area contributed by atoms with Gasteiger partial charge in [-0.25, -0.2) is 0 Å². The van der Waals surface area contributed by atoms with Crippen LogP contribution in [0.3, 0.4) is 0 Å². The molecule has 1 N–H and O–H groups in total. The van der Waals surface area contributed by atoms with Gasteiger partial charge in [0.05, 0.1) is 18.2 Å². The Morgan fingerprint density at radius 2 is 1.91 bits per heavy atom. The summed E-state index contributed by atoms with van der Waals surface area (Å²) in [4.78, 5) is 5.08. The molecule has 1 aromatic rings. The van der Waals surface area contributed by atoms with Crippen LogP contribution >= 0.6 is 11.6 Å². The molecule has 5 heteroatoms. The molecule has 2 aliphatic heterocycles. The van der Waals surface area contributed by atoms with Crippen molar-refractivity contribution in [2.24, 2.45) is 5.92 Å². The molecule has 2 fully saturated rings. The third kappa shape index (κ3) is 4.38. The number of morpholine rings is 1. The first-order valence-corrected chi connectivity index (χ1v) is 9.03. The highest BCUT2D eigenvalue weighted by Gasteiger charge is 2.28. The van der Waals surface area contributed by atoms with E-state index in [1.54, 1.807) is 6.07 Å². The molecule has 0 radical (unpaired) electrons. The maximum Gasteiger partial charge on any atom is 0.134 e. The Labute approximate surface area is 144 Å². The van der Waals surface area contributed by atoms with Gasteiger partial charge in [-0.2, -0.15) is 0 Å². The summed E-state index contributed by atoms with van der Waals surface area (Å²) in [5.41, 5.74) is 1.17. The molecular weight excluding hydrogens is 312 g/mol. The van der Waals surface area contributed by atoms with Gasteiger partial charge in [0.1, 0.15) is 5.75 Å². The molecule has 0 aromatic heterocycles. The quantitative estimate of drug-likeness (QED) is 0.915. The highest BCUT2D eigenvalue weighted by molar-refractivity contribution is 6.32. The molecule has 3 rings (SSSR count). The van der Waals surface area contributed by atoms with Gasteiger partial charge in [-0.15, -0.1) is 0 Å². The largest absolute Gasteiger partial charge is 0.506 e. The van der Waals surface area contributed by atoms with E-state index in [4.69, 9.17) is 16.3 Å². The molecule has 0 saturated carbocycles. The summed E-state index contributed by atoms with van der Waals surface area (Å²) in [6.07, 6.45) is 2.51. The number of ether oxygens (including phenoxy) is 1. The van der Waals surface area contributed by atoms with Gasteiger partial charge in [-0.1, -0.05) is 17.7 Å².